The van der Waals surface area contributed by atoms with Gasteiger partial charge in [0.15, 0.2) is 0 Å². The average Bonchev–Trinajstić information content (AvgIpc) is 3.17. The minimum atomic E-state index is -0.324. The second-order valence-corrected chi connectivity index (χ2v) is 6.65. The normalized spacial score (nSPS) is 13.2. The van der Waals surface area contributed by atoms with Gasteiger partial charge in [0.1, 0.15) is 11.5 Å². The molecule has 25 heavy (non-hydrogen) atoms. The third-order valence-electron chi connectivity index (χ3n) is 3.62. The Morgan fingerprint density at radius 3 is 2.72 bits per heavy atom. The standard InChI is InChI=1S/C18H17N3O3S/c1-12-16(25-13(2)20-12)17(22)19-9-3-4-14-5-7-15(8-6-14)21-10-11-24-18(21)23/h5-8H,9-11H2,1-2H3,(H,19,22). The van der Waals surface area contributed by atoms with E-state index in [9.17, 15) is 9.59 Å². The molecule has 1 fully saturated rings. The highest BCUT2D eigenvalue weighted by Crippen LogP contribution is 2.19. The Morgan fingerprint density at radius 2 is 2.12 bits per heavy atom. The van der Waals surface area contributed by atoms with E-state index in [4.69, 9.17) is 4.74 Å². The van der Waals surface area contributed by atoms with Gasteiger partial charge in [-0.15, -0.1) is 11.3 Å². The van der Waals surface area contributed by atoms with E-state index in [-0.39, 0.29) is 18.5 Å². The van der Waals surface area contributed by atoms with Crippen LogP contribution in [0.5, 0.6) is 0 Å². The van der Waals surface area contributed by atoms with Crippen LogP contribution in [-0.2, 0) is 4.74 Å². The number of aromatic nitrogens is 1. The Morgan fingerprint density at radius 1 is 1.36 bits per heavy atom. The number of aryl methyl sites for hydroxylation is 2. The molecule has 3 rings (SSSR count). The second-order valence-electron chi connectivity index (χ2n) is 5.44. The Labute approximate surface area is 149 Å². The first-order valence-corrected chi connectivity index (χ1v) is 8.61. The van der Waals surface area contributed by atoms with Gasteiger partial charge in [-0.2, -0.15) is 0 Å². The lowest BCUT2D eigenvalue weighted by Gasteiger charge is -2.11. The molecule has 7 heteroatoms. The zero-order valence-corrected chi connectivity index (χ0v) is 14.8. The Bertz CT molecular complexity index is 862. The van der Waals surface area contributed by atoms with Crippen molar-refractivity contribution in [3.63, 3.8) is 0 Å². The fraction of sp³-hybridized carbons (Fsp3) is 0.278. The molecule has 0 bridgehead atoms. The maximum atomic E-state index is 12.1. The predicted octanol–water partition coefficient (Wildman–Crippen LogP) is 2.50. The SMILES string of the molecule is Cc1nc(C)c(C(=O)NCC#Cc2ccc(N3CCOC3=O)cc2)s1. The molecule has 1 aliphatic rings. The van der Waals surface area contributed by atoms with Gasteiger partial charge < -0.3 is 10.1 Å². The van der Waals surface area contributed by atoms with Crippen LogP contribution >= 0.6 is 11.3 Å². The Hall–Kier alpha value is -2.85. The number of anilines is 1. The van der Waals surface area contributed by atoms with E-state index in [1.54, 1.807) is 4.90 Å². The average molecular weight is 355 g/mol. The Balaban J connectivity index is 1.56. The summed E-state index contributed by atoms with van der Waals surface area (Å²) < 4.78 is 4.91. The number of thiazole rings is 1. The largest absolute Gasteiger partial charge is 0.447 e. The summed E-state index contributed by atoms with van der Waals surface area (Å²) in [6.45, 7) is 4.93. The maximum absolute atomic E-state index is 12.1. The summed E-state index contributed by atoms with van der Waals surface area (Å²) in [6.07, 6.45) is -0.324. The van der Waals surface area contributed by atoms with Crippen molar-refractivity contribution in [2.24, 2.45) is 0 Å². The fourth-order valence-corrected chi connectivity index (χ4v) is 3.28. The second kappa shape index (κ2) is 7.36. The van der Waals surface area contributed by atoms with Gasteiger partial charge in [-0.3, -0.25) is 9.69 Å². The van der Waals surface area contributed by atoms with Gasteiger partial charge in [-0.05, 0) is 38.1 Å². The van der Waals surface area contributed by atoms with Gasteiger partial charge in [-0.25, -0.2) is 9.78 Å². The van der Waals surface area contributed by atoms with Gasteiger partial charge >= 0.3 is 6.09 Å². The third-order valence-corrected chi connectivity index (χ3v) is 4.69. The van der Waals surface area contributed by atoms with Crippen LogP contribution in [0.3, 0.4) is 0 Å². The van der Waals surface area contributed by atoms with Crippen molar-refractivity contribution < 1.29 is 14.3 Å². The van der Waals surface area contributed by atoms with Crippen LogP contribution in [0.25, 0.3) is 0 Å². The molecule has 0 atom stereocenters. The van der Waals surface area contributed by atoms with E-state index in [0.29, 0.717) is 18.0 Å². The third kappa shape index (κ3) is 3.98. The van der Waals surface area contributed by atoms with Crippen LogP contribution in [0.2, 0.25) is 0 Å². The number of hydrogen-bond acceptors (Lipinski definition) is 5. The first-order chi connectivity index (χ1) is 12.0. The van der Waals surface area contributed by atoms with E-state index in [0.717, 1.165) is 22.0 Å². The Kier molecular flexibility index (Phi) is 5.00. The van der Waals surface area contributed by atoms with E-state index >= 15 is 0 Å². The van der Waals surface area contributed by atoms with E-state index < -0.39 is 0 Å². The van der Waals surface area contributed by atoms with Crippen LogP contribution in [-0.4, -0.2) is 36.7 Å². The van der Waals surface area contributed by atoms with Crippen molar-refractivity contribution in [2.45, 2.75) is 13.8 Å². The van der Waals surface area contributed by atoms with Crippen molar-refractivity contribution >= 4 is 29.0 Å². The minimum Gasteiger partial charge on any atom is -0.447 e. The first kappa shape index (κ1) is 17.0. The molecule has 2 heterocycles. The summed E-state index contributed by atoms with van der Waals surface area (Å²) in [7, 11) is 0. The fourth-order valence-electron chi connectivity index (χ4n) is 2.45. The van der Waals surface area contributed by atoms with E-state index in [1.807, 2.05) is 38.1 Å². The van der Waals surface area contributed by atoms with Crippen LogP contribution in [0.4, 0.5) is 10.5 Å². The smallest absolute Gasteiger partial charge is 0.414 e. The number of carbonyl (C=O) groups is 2. The molecule has 6 nitrogen and oxygen atoms in total. The van der Waals surface area contributed by atoms with Crippen molar-refractivity contribution in [1.29, 1.82) is 0 Å². The molecule has 1 N–H and O–H groups in total. The lowest BCUT2D eigenvalue weighted by atomic mass is 10.2. The summed E-state index contributed by atoms with van der Waals surface area (Å²) in [5.41, 5.74) is 2.34. The molecule has 0 spiro atoms. The van der Waals surface area contributed by atoms with Crippen molar-refractivity contribution in [3.8, 4) is 11.8 Å². The molecule has 0 aliphatic carbocycles. The lowest BCUT2D eigenvalue weighted by Crippen LogP contribution is -2.23. The van der Waals surface area contributed by atoms with Crippen molar-refractivity contribution in [3.05, 3.63) is 45.4 Å². The minimum absolute atomic E-state index is 0.153. The molecule has 1 saturated heterocycles. The number of ether oxygens (including phenoxy) is 1. The number of cyclic esters (lactones) is 1. The van der Waals surface area contributed by atoms with Crippen LogP contribution in [0.15, 0.2) is 24.3 Å². The zero-order valence-electron chi connectivity index (χ0n) is 14.0. The summed E-state index contributed by atoms with van der Waals surface area (Å²) in [5, 5.41) is 3.64. The number of benzene rings is 1. The summed E-state index contributed by atoms with van der Waals surface area (Å²) in [4.78, 5) is 30.0. The van der Waals surface area contributed by atoms with Gasteiger partial charge in [0.2, 0.25) is 0 Å². The molecule has 1 aliphatic heterocycles. The molecule has 2 aromatic rings. The highest BCUT2D eigenvalue weighted by atomic mass is 32.1. The molecule has 1 aromatic heterocycles. The number of nitrogens with one attached hydrogen (secondary N) is 1. The maximum Gasteiger partial charge on any atom is 0.414 e. The highest BCUT2D eigenvalue weighted by molar-refractivity contribution is 7.13. The molecule has 2 amide bonds. The lowest BCUT2D eigenvalue weighted by molar-refractivity contribution is 0.0962. The topological polar surface area (TPSA) is 71.5 Å². The molecular weight excluding hydrogens is 338 g/mol. The molecule has 1 aromatic carbocycles. The number of nitrogens with zero attached hydrogens (tertiary/aromatic N) is 2. The molecular formula is C18H17N3O3S. The van der Waals surface area contributed by atoms with E-state index in [1.165, 1.54) is 11.3 Å². The molecule has 128 valence electrons. The monoisotopic (exact) mass is 355 g/mol. The zero-order chi connectivity index (χ0) is 17.8. The quantitative estimate of drug-likeness (QED) is 0.859. The van der Waals surface area contributed by atoms with E-state index in [2.05, 4.69) is 22.1 Å². The highest BCUT2D eigenvalue weighted by Gasteiger charge is 2.23. The van der Waals surface area contributed by atoms with Gasteiger partial charge in [-0.1, -0.05) is 11.8 Å². The summed E-state index contributed by atoms with van der Waals surface area (Å²) in [6, 6.07) is 7.34. The van der Waals surface area contributed by atoms with Gasteiger partial charge in [0.25, 0.3) is 5.91 Å². The molecule has 0 saturated carbocycles. The predicted molar refractivity (Wildman–Crippen MR) is 95.9 cm³/mol. The first-order valence-electron chi connectivity index (χ1n) is 7.80. The van der Waals surface area contributed by atoms with Crippen LogP contribution < -0.4 is 10.2 Å². The van der Waals surface area contributed by atoms with Gasteiger partial charge in [0, 0.05) is 11.3 Å². The number of amides is 2. The molecule has 0 unspecified atom stereocenters. The van der Waals surface area contributed by atoms with Crippen molar-refractivity contribution in [1.82, 2.24) is 10.3 Å². The van der Waals surface area contributed by atoms with Crippen LogP contribution in [0, 0.1) is 25.7 Å². The van der Waals surface area contributed by atoms with Crippen LogP contribution in [0.1, 0.15) is 25.9 Å². The molecule has 0 radical (unpaired) electrons. The summed E-state index contributed by atoms with van der Waals surface area (Å²) >= 11 is 1.38. The van der Waals surface area contributed by atoms with Gasteiger partial charge in [0.05, 0.1) is 23.8 Å². The number of rotatable bonds is 3. The summed E-state index contributed by atoms with van der Waals surface area (Å²) in [5.74, 6) is 5.76. The van der Waals surface area contributed by atoms with Crippen molar-refractivity contribution in [2.75, 3.05) is 24.6 Å². The number of carbonyl (C=O) groups excluding carboxylic acids is 2. The number of hydrogen-bond donors (Lipinski definition) is 1.